The van der Waals surface area contributed by atoms with Crippen molar-refractivity contribution in [3.05, 3.63) is 65.6 Å². The Bertz CT molecular complexity index is 821. The Morgan fingerprint density at radius 3 is 2.42 bits per heavy atom. The van der Waals surface area contributed by atoms with E-state index in [9.17, 15) is 13.9 Å². The highest BCUT2D eigenvalue weighted by Crippen LogP contribution is 2.28. The lowest BCUT2D eigenvalue weighted by Crippen LogP contribution is -2.43. The fraction of sp³-hybridized carbons (Fsp3) is 0.542. The van der Waals surface area contributed by atoms with Crippen LogP contribution in [-0.2, 0) is 6.42 Å². The highest BCUT2D eigenvalue weighted by molar-refractivity contribution is 5.20. The summed E-state index contributed by atoms with van der Waals surface area (Å²) < 4.78 is 26.5. The summed E-state index contributed by atoms with van der Waals surface area (Å²) in [4.78, 5) is 4.62. The Kier molecular flexibility index (Phi) is 7.35. The summed E-state index contributed by atoms with van der Waals surface area (Å²) in [6, 6.07) is 5.69. The van der Waals surface area contributed by atoms with Crippen molar-refractivity contribution < 1.29 is 13.9 Å². The topological polar surface area (TPSA) is 55.4 Å². The lowest BCUT2D eigenvalue weighted by molar-refractivity contribution is 0.0318. The van der Waals surface area contributed by atoms with Gasteiger partial charge in [-0.3, -0.25) is 5.10 Å². The molecule has 0 aliphatic carbocycles. The van der Waals surface area contributed by atoms with E-state index in [-0.39, 0.29) is 6.10 Å². The third kappa shape index (κ3) is 6.14. The van der Waals surface area contributed by atoms with Crippen molar-refractivity contribution in [2.24, 2.45) is 5.92 Å². The van der Waals surface area contributed by atoms with E-state index in [0.717, 1.165) is 64.5 Å². The van der Waals surface area contributed by atoms with Crippen LogP contribution in [-0.4, -0.2) is 63.9 Å². The molecule has 1 atom stereocenters. The Morgan fingerprint density at radius 1 is 1.06 bits per heavy atom. The molecule has 0 spiro atoms. The lowest BCUT2D eigenvalue weighted by Gasteiger charge is -2.37. The van der Waals surface area contributed by atoms with Crippen molar-refractivity contribution in [1.29, 1.82) is 0 Å². The summed E-state index contributed by atoms with van der Waals surface area (Å²) in [5, 5.41) is 17.9. The molecular formula is C24H32F2N4O. The van der Waals surface area contributed by atoms with Crippen molar-refractivity contribution in [1.82, 2.24) is 20.0 Å². The van der Waals surface area contributed by atoms with Gasteiger partial charge in [0, 0.05) is 43.5 Å². The fourth-order valence-electron chi connectivity index (χ4n) is 4.85. The second-order valence-electron chi connectivity index (χ2n) is 8.89. The number of β-amino-alcohol motifs (C(OH)–C–C–N with tert-alkyl or cyclic N) is 1. The van der Waals surface area contributed by atoms with Crippen molar-refractivity contribution in [3.63, 3.8) is 0 Å². The maximum absolute atomic E-state index is 13.3. The number of rotatable bonds is 7. The monoisotopic (exact) mass is 430 g/mol. The number of aliphatic hydroxyl groups is 1. The van der Waals surface area contributed by atoms with Gasteiger partial charge in [-0.1, -0.05) is 6.08 Å². The third-order valence-corrected chi connectivity index (χ3v) is 6.71. The lowest BCUT2D eigenvalue weighted by atomic mass is 9.89. The molecule has 0 radical (unpaired) electrons. The molecule has 168 valence electrons. The van der Waals surface area contributed by atoms with E-state index in [2.05, 4.69) is 26.1 Å². The van der Waals surface area contributed by atoms with E-state index in [1.165, 1.54) is 17.8 Å². The Labute approximate surface area is 182 Å². The number of H-pyrrole nitrogens is 1. The van der Waals surface area contributed by atoms with E-state index >= 15 is 0 Å². The van der Waals surface area contributed by atoms with E-state index < -0.39 is 11.6 Å². The Morgan fingerprint density at radius 2 is 1.77 bits per heavy atom. The summed E-state index contributed by atoms with van der Waals surface area (Å²) in [5.74, 6) is -0.199. The molecular weight excluding hydrogens is 398 g/mol. The van der Waals surface area contributed by atoms with Gasteiger partial charge in [-0.15, -0.1) is 0 Å². The average Bonchev–Trinajstić information content (AvgIpc) is 3.29. The van der Waals surface area contributed by atoms with Crippen molar-refractivity contribution in [2.75, 3.05) is 32.7 Å². The number of benzene rings is 1. The largest absolute Gasteiger partial charge is 0.392 e. The van der Waals surface area contributed by atoms with E-state index in [1.54, 1.807) is 0 Å². The second-order valence-corrected chi connectivity index (χ2v) is 8.89. The summed E-state index contributed by atoms with van der Waals surface area (Å²) in [6.07, 6.45) is 10.1. The minimum Gasteiger partial charge on any atom is -0.392 e. The molecule has 2 aliphatic heterocycles. The van der Waals surface area contributed by atoms with Gasteiger partial charge < -0.3 is 14.9 Å². The minimum absolute atomic E-state index is 0.287. The van der Waals surface area contributed by atoms with Gasteiger partial charge in [-0.25, -0.2) is 8.78 Å². The molecule has 0 amide bonds. The fourth-order valence-corrected chi connectivity index (χ4v) is 4.85. The number of hydrogen-bond acceptors (Lipinski definition) is 4. The maximum atomic E-state index is 13.3. The van der Waals surface area contributed by atoms with Crippen LogP contribution in [0, 0.1) is 17.6 Å². The summed E-state index contributed by atoms with van der Waals surface area (Å²) in [5.41, 5.74) is 1.86. The van der Waals surface area contributed by atoms with Crippen LogP contribution in [0.2, 0.25) is 0 Å². The molecule has 0 saturated carbocycles. The number of nitrogens with one attached hydrogen (secondary N) is 1. The van der Waals surface area contributed by atoms with E-state index in [4.69, 9.17) is 0 Å². The SMILES string of the molecule is OC(CN1CCC(c2ccn[nH]2)CC1)C1CCN(C=CCc2cc(F)cc(F)c2)CC1. The summed E-state index contributed by atoms with van der Waals surface area (Å²) in [6.45, 7) is 4.59. The van der Waals surface area contributed by atoms with Gasteiger partial charge in [0.1, 0.15) is 11.6 Å². The number of halogens is 2. The molecule has 4 rings (SSSR count). The Balaban J connectivity index is 1.16. The number of hydrogen-bond donors (Lipinski definition) is 2. The average molecular weight is 431 g/mol. The summed E-state index contributed by atoms with van der Waals surface area (Å²) in [7, 11) is 0. The number of aromatic amines is 1. The minimum atomic E-state index is -0.538. The molecule has 2 aliphatic rings. The zero-order valence-corrected chi connectivity index (χ0v) is 17.9. The van der Waals surface area contributed by atoms with Crippen LogP contribution in [0.4, 0.5) is 8.78 Å². The maximum Gasteiger partial charge on any atom is 0.126 e. The van der Waals surface area contributed by atoms with Gasteiger partial charge in [0.15, 0.2) is 0 Å². The van der Waals surface area contributed by atoms with Crippen LogP contribution in [0.3, 0.4) is 0 Å². The first-order chi connectivity index (χ1) is 15.1. The first-order valence-electron chi connectivity index (χ1n) is 11.3. The van der Waals surface area contributed by atoms with Crippen LogP contribution < -0.4 is 0 Å². The quantitative estimate of drug-likeness (QED) is 0.703. The number of nitrogens with zero attached hydrogens (tertiary/aromatic N) is 3. The van der Waals surface area contributed by atoms with Crippen LogP contribution in [0.1, 0.15) is 42.9 Å². The van der Waals surface area contributed by atoms with Gasteiger partial charge in [-0.05, 0) is 81.1 Å². The number of allylic oxidation sites excluding steroid dienone is 1. The summed E-state index contributed by atoms with van der Waals surface area (Å²) >= 11 is 0. The molecule has 7 heteroatoms. The highest BCUT2D eigenvalue weighted by atomic mass is 19.1. The molecule has 2 fully saturated rings. The van der Waals surface area contributed by atoms with E-state index in [1.807, 2.05) is 18.5 Å². The number of piperidine rings is 2. The van der Waals surface area contributed by atoms with Crippen LogP contribution >= 0.6 is 0 Å². The first kappa shape index (κ1) is 22.0. The van der Waals surface area contributed by atoms with Crippen molar-refractivity contribution >= 4 is 0 Å². The molecule has 5 nitrogen and oxygen atoms in total. The van der Waals surface area contributed by atoms with Gasteiger partial charge in [0.25, 0.3) is 0 Å². The van der Waals surface area contributed by atoms with Crippen LogP contribution in [0.5, 0.6) is 0 Å². The van der Waals surface area contributed by atoms with E-state index in [0.29, 0.717) is 23.8 Å². The molecule has 31 heavy (non-hydrogen) atoms. The van der Waals surface area contributed by atoms with Crippen LogP contribution in [0.15, 0.2) is 42.7 Å². The number of aromatic nitrogens is 2. The third-order valence-electron chi connectivity index (χ3n) is 6.71. The van der Waals surface area contributed by atoms with Crippen molar-refractivity contribution in [3.8, 4) is 0 Å². The predicted octanol–water partition coefficient (Wildman–Crippen LogP) is 3.70. The molecule has 2 aromatic rings. The first-order valence-corrected chi connectivity index (χ1v) is 11.3. The van der Waals surface area contributed by atoms with Gasteiger partial charge in [0.2, 0.25) is 0 Å². The molecule has 0 bridgehead atoms. The standard InChI is InChI=1S/C24H32F2N4O/c25-21-14-18(15-22(26)16-21)2-1-9-29-10-6-20(7-11-29)24(31)17-30-12-4-19(5-13-30)23-3-8-27-28-23/h1,3,8-9,14-16,19-20,24,31H,2,4-7,10-13,17H2,(H,27,28). The normalized spacial score (nSPS) is 20.5. The zero-order valence-electron chi connectivity index (χ0n) is 17.9. The molecule has 1 aromatic carbocycles. The molecule has 1 aromatic heterocycles. The molecule has 1 unspecified atom stereocenters. The smallest absolute Gasteiger partial charge is 0.126 e. The Hall–Kier alpha value is -2.25. The van der Waals surface area contributed by atoms with Gasteiger partial charge in [0.05, 0.1) is 6.10 Å². The molecule has 2 N–H and O–H groups in total. The number of likely N-dealkylation sites (tertiary alicyclic amines) is 2. The predicted molar refractivity (Wildman–Crippen MR) is 117 cm³/mol. The highest BCUT2D eigenvalue weighted by Gasteiger charge is 2.28. The van der Waals surface area contributed by atoms with Crippen molar-refractivity contribution in [2.45, 2.75) is 44.1 Å². The van der Waals surface area contributed by atoms with Crippen LogP contribution in [0.25, 0.3) is 0 Å². The molecule has 3 heterocycles. The van der Waals surface area contributed by atoms with Gasteiger partial charge in [-0.2, -0.15) is 5.10 Å². The number of aliphatic hydroxyl groups excluding tert-OH is 1. The molecule has 2 saturated heterocycles. The van der Waals surface area contributed by atoms with Gasteiger partial charge >= 0.3 is 0 Å². The zero-order chi connectivity index (χ0) is 21.6. The second kappa shape index (κ2) is 10.4.